The summed E-state index contributed by atoms with van der Waals surface area (Å²) >= 11 is 1.52. The van der Waals surface area contributed by atoms with Gasteiger partial charge in [0.25, 0.3) is 0 Å². The molecule has 0 atom stereocenters. The number of fused-ring (bicyclic) bond motifs is 1. The van der Waals surface area contributed by atoms with Gasteiger partial charge in [0.1, 0.15) is 5.82 Å². The molecule has 1 aliphatic heterocycles. The molecule has 0 saturated carbocycles. The summed E-state index contributed by atoms with van der Waals surface area (Å²) in [4.78, 5) is 13.6. The maximum Gasteiger partial charge on any atom is 0.163 e. The lowest BCUT2D eigenvalue weighted by Gasteiger charge is -2.36. The Kier molecular flexibility index (Phi) is 4.86. The molecule has 2 aliphatic rings. The minimum absolute atomic E-state index is 0.214. The molecule has 0 unspecified atom stereocenters. The first-order valence-corrected chi connectivity index (χ1v) is 9.69. The number of ketones is 1. The molecule has 2 aromatic carbocycles. The number of Topliss-reactive ketones (excluding diaryl/α,β-unsaturated/α-hetero) is 1. The Bertz CT molecular complexity index is 843. The van der Waals surface area contributed by atoms with Crippen LogP contribution in [0.5, 0.6) is 0 Å². The van der Waals surface area contributed by atoms with Crippen molar-refractivity contribution in [1.82, 2.24) is 0 Å². The average molecular weight is 372 g/mol. The first-order chi connectivity index (χ1) is 12.6. The maximum absolute atomic E-state index is 14.3. The Morgan fingerprint density at radius 2 is 1.88 bits per heavy atom. The van der Waals surface area contributed by atoms with Gasteiger partial charge in [0.2, 0.25) is 0 Å². The van der Waals surface area contributed by atoms with Gasteiger partial charge >= 0.3 is 0 Å². The topological polar surface area (TPSA) is 35.5 Å². The zero-order chi connectivity index (χ0) is 18.1. The summed E-state index contributed by atoms with van der Waals surface area (Å²) in [5.74, 6) is -0.0459. The summed E-state index contributed by atoms with van der Waals surface area (Å²) in [5, 5.41) is 0. The van der Waals surface area contributed by atoms with E-state index in [0.29, 0.717) is 19.6 Å². The number of ether oxygens (including phenoxy) is 2. The number of benzene rings is 2. The lowest BCUT2D eigenvalue weighted by atomic mass is 9.86. The summed E-state index contributed by atoms with van der Waals surface area (Å²) in [6.45, 7) is 1.23. The van der Waals surface area contributed by atoms with Crippen LogP contribution in [0, 0.1) is 5.82 Å². The third kappa shape index (κ3) is 3.31. The highest BCUT2D eigenvalue weighted by molar-refractivity contribution is 7.99. The molecule has 3 nitrogen and oxygen atoms in total. The van der Waals surface area contributed by atoms with Crippen LogP contribution in [0.1, 0.15) is 40.7 Å². The second-order valence-corrected chi connectivity index (χ2v) is 7.98. The van der Waals surface area contributed by atoms with Crippen LogP contribution in [-0.2, 0) is 21.5 Å². The van der Waals surface area contributed by atoms with Crippen LogP contribution in [0.15, 0.2) is 46.2 Å². The normalized spacial score (nSPS) is 18.8. The van der Waals surface area contributed by atoms with E-state index in [9.17, 15) is 9.18 Å². The van der Waals surface area contributed by atoms with E-state index >= 15 is 0 Å². The Morgan fingerprint density at radius 3 is 2.65 bits per heavy atom. The van der Waals surface area contributed by atoms with Crippen molar-refractivity contribution in [2.24, 2.45) is 0 Å². The predicted molar refractivity (Wildman–Crippen MR) is 98.4 cm³/mol. The lowest BCUT2D eigenvalue weighted by molar-refractivity contribution is -0.0950. The van der Waals surface area contributed by atoms with E-state index < -0.39 is 5.60 Å². The van der Waals surface area contributed by atoms with Gasteiger partial charge < -0.3 is 9.47 Å². The number of hydrogen-bond acceptors (Lipinski definition) is 4. The highest BCUT2D eigenvalue weighted by Crippen LogP contribution is 2.39. The standard InChI is InChI=1S/C21H21FO3S/c1-24-21(6-8-25-9-7-21)15-11-16(22)13-18(12-15)26-17-3-4-19-14(10-17)2-5-20(19)23/h3-4,10-13H,2,5-9H2,1H3. The van der Waals surface area contributed by atoms with Crippen LogP contribution in [0.2, 0.25) is 0 Å². The fourth-order valence-corrected chi connectivity index (χ4v) is 4.79. The average Bonchev–Trinajstić information content (AvgIpc) is 3.02. The highest BCUT2D eigenvalue weighted by atomic mass is 32.2. The minimum atomic E-state index is -0.486. The number of aryl methyl sites for hydroxylation is 1. The number of carbonyl (C=O) groups excluding carboxylic acids is 1. The van der Waals surface area contributed by atoms with Crippen LogP contribution < -0.4 is 0 Å². The molecule has 1 heterocycles. The molecule has 0 radical (unpaired) electrons. The Hall–Kier alpha value is -1.69. The van der Waals surface area contributed by atoms with Crippen molar-refractivity contribution in [2.45, 2.75) is 41.1 Å². The number of hydrogen-bond donors (Lipinski definition) is 0. The second-order valence-electron chi connectivity index (χ2n) is 6.83. The summed E-state index contributed by atoms with van der Waals surface area (Å²) in [6, 6.07) is 11.0. The van der Waals surface area contributed by atoms with Gasteiger partial charge in [-0.15, -0.1) is 0 Å². The molecule has 4 rings (SSSR count). The van der Waals surface area contributed by atoms with E-state index in [1.54, 1.807) is 19.2 Å². The van der Waals surface area contributed by atoms with Gasteiger partial charge in [-0.3, -0.25) is 4.79 Å². The third-order valence-electron chi connectivity index (χ3n) is 5.32. The molecule has 5 heteroatoms. The molecular weight excluding hydrogens is 351 g/mol. The molecule has 0 spiro atoms. The van der Waals surface area contributed by atoms with Crippen LogP contribution in [0.3, 0.4) is 0 Å². The fraction of sp³-hybridized carbons (Fsp3) is 0.381. The van der Waals surface area contributed by atoms with Gasteiger partial charge in [-0.25, -0.2) is 4.39 Å². The Morgan fingerprint density at radius 1 is 1.08 bits per heavy atom. The van der Waals surface area contributed by atoms with Gasteiger partial charge in [-0.05, 0) is 47.9 Å². The first kappa shape index (κ1) is 17.7. The summed E-state index contributed by atoms with van der Waals surface area (Å²) in [6.07, 6.45) is 2.83. The van der Waals surface area contributed by atoms with Crippen molar-refractivity contribution in [3.8, 4) is 0 Å². The quantitative estimate of drug-likeness (QED) is 0.775. The van der Waals surface area contributed by atoms with Gasteiger partial charge in [-0.1, -0.05) is 17.8 Å². The lowest BCUT2D eigenvalue weighted by Crippen LogP contribution is -2.35. The van der Waals surface area contributed by atoms with E-state index in [1.165, 1.54) is 11.8 Å². The van der Waals surface area contributed by atoms with Crippen molar-refractivity contribution >= 4 is 17.5 Å². The molecule has 0 bridgehead atoms. The number of carbonyl (C=O) groups is 1. The molecule has 1 fully saturated rings. The highest BCUT2D eigenvalue weighted by Gasteiger charge is 2.35. The van der Waals surface area contributed by atoms with E-state index in [2.05, 4.69) is 6.07 Å². The van der Waals surface area contributed by atoms with Gasteiger partial charge in [-0.2, -0.15) is 0 Å². The molecule has 0 aromatic heterocycles. The van der Waals surface area contributed by atoms with Crippen LogP contribution in [0.25, 0.3) is 0 Å². The van der Waals surface area contributed by atoms with Gasteiger partial charge in [0, 0.05) is 54.9 Å². The minimum Gasteiger partial charge on any atom is -0.381 e. The van der Waals surface area contributed by atoms with Crippen molar-refractivity contribution in [3.05, 3.63) is 58.9 Å². The Balaban J connectivity index is 1.63. The van der Waals surface area contributed by atoms with Gasteiger partial charge in [0.05, 0.1) is 5.60 Å². The molecule has 1 aliphatic carbocycles. The molecule has 2 aromatic rings. The third-order valence-corrected chi connectivity index (χ3v) is 6.28. The maximum atomic E-state index is 14.3. The number of methoxy groups -OCH3 is 1. The SMILES string of the molecule is COC1(c2cc(F)cc(Sc3ccc4c(c3)CCC4=O)c2)CCOCC1. The zero-order valence-electron chi connectivity index (χ0n) is 14.7. The van der Waals surface area contributed by atoms with E-state index in [-0.39, 0.29) is 11.6 Å². The van der Waals surface area contributed by atoms with Crippen molar-refractivity contribution in [2.75, 3.05) is 20.3 Å². The van der Waals surface area contributed by atoms with Crippen molar-refractivity contribution in [3.63, 3.8) is 0 Å². The van der Waals surface area contributed by atoms with Gasteiger partial charge in [0.15, 0.2) is 5.78 Å². The zero-order valence-corrected chi connectivity index (χ0v) is 15.5. The van der Waals surface area contributed by atoms with Crippen LogP contribution in [-0.4, -0.2) is 26.1 Å². The fourth-order valence-electron chi connectivity index (χ4n) is 3.83. The Labute approximate surface area is 156 Å². The first-order valence-electron chi connectivity index (χ1n) is 8.88. The molecular formula is C21H21FO3S. The van der Waals surface area contributed by atoms with E-state index in [4.69, 9.17) is 9.47 Å². The predicted octanol–water partition coefficient (Wildman–Crippen LogP) is 4.76. The van der Waals surface area contributed by atoms with E-state index in [1.807, 2.05) is 18.2 Å². The number of halogens is 1. The molecule has 26 heavy (non-hydrogen) atoms. The van der Waals surface area contributed by atoms with Crippen LogP contribution >= 0.6 is 11.8 Å². The molecule has 0 N–H and O–H groups in total. The second kappa shape index (κ2) is 7.14. The largest absolute Gasteiger partial charge is 0.381 e. The summed E-state index contributed by atoms with van der Waals surface area (Å²) < 4.78 is 25.6. The van der Waals surface area contributed by atoms with Crippen molar-refractivity contribution in [1.29, 1.82) is 0 Å². The molecule has 136 valence electrons. The number of rotatable bonds is 4. The summed E-state index contributed by atoms with van der Waals surface area (Å²) in [5.41, 5.74) is 2.30. The molecule has 0 amide bonds. The van der Waals surface area contributed by atoms with Crippen molar-refractivity contribution < 1.29 is 18.7 Å². The summed E-state index contributed by atoms with van der Waals surface area (Å²) in [7, 11) is 1.68. The van der Waals surface area contributed by atoms with Crippen LogP contribution in [0.4, 0.5) is 4.39 Å². The smallest absolute Gasteiger partial charge is 0.163 e. The van der Waals surface area contributed by atoms with E-state index in [0.717, 1.165) is 45.7 Å². The molecule has 1 saturated heterocycles. The monoisotopic (exact) mass is 372 g/mol.